The van der Waals surface area contributed by atoms with Gasteiger partial charge in [-0.2, -0.15) is 0 Å². The Morgan fingerprint density at radius 1 is 1.06 bits per heavy atom. The Kier molecular flexibility index (Phi) is 6.48. The minimum Gasteiger partial charge on any atom is -0.454 e. The van der Waals surface area contributed by atoms with Crippen LogP contribution < -0.4 is 14.8 Å². The van der Waals surface area contributed by atoms with Crippen molar-refractivity contribution in [2.24, 2.45) is 0 Å². The van der Waals surface area contributed by atoms with Crippen LogP contribution in [0.1, 0.15) is 36.0 Å². The Bertz CT molecular complexity index is 1080. The molecule has 1 aliphatic heterocycles. The molecule has 6 heteroatoms. The number of benzene rings is 2. The van der Waals surface area contributed by atoms with E-state index in [1.54, 1.807) is 6.20 Å². The monoisotopic (exact) mass is 418 g/mol. The van der Waals surface area contributed by atoms with Crippen molar-refractivity contribution in [2.45, 2.75) is 39.2 Å². The zero-order valence-corrected chi connectivity index (χ0v) is 17.6. The Hall–Kier alpha value is -3.38. The summed E-state index contributed by atoms with van der Waals surface area (Å²) < 4.78 is 10.7. The molecule has 4 rings (SSSR count). The second-order valence-corrected chi connectivity index (χ2v) is 7.64. The summed E-state index contributed by atoms with van der Waals surface area (Å²) in [7, 11) is 0. The van der Waals surface area contributed by atoms with Gasteiger partial charge in [0, 0.05) is 18.2 Å². The van der Waals surface area contributed by atoms with Crippen LogP contribution in [0, 0.1) is 6.92 Å². The Balaban J connectivity index is 1.28. The van der Waals surface area contributed by atoms with E-state index in [4.69, 9.17) is 9.47 Å². The van der Waals surface area contributed by atoms with Crippen LogP contribution in [0.2, 0.25) is 0 Å². The number of rotatable bonds is 8. The van der Waals surface area contributed by atoms with Gasteiger partial charge in [0.05, 0.1) is 6.61 Å². The van der Waals surface area contributed by atoms with Gasteiger partial charge in [0.15, 0.2) is 11.5 Å². The van der Waals surface area contributed by atoms with Gasteiger partial charge in [-0.1, -0.05) is 30.3 Å². The highest BCUT2D eigenvalue weighted by Gasteiger charge is 2.13. The molecule has 1 amide bonds. The summed E-state index contributed by atoms with van der Waals surface area (Å²) in [6, 6.07) is 15.5. The third kappa shape index (κ3) is 5.03. The molecule has 0 unspecified atom stereocenters. The molecule has 2 aromatic carbocycles. The molecule has 0 bridgehead atoms. The molecule has 0 spiro atoms. The first kappa shape index (κ1) is 20.9. The molecule has 2 N–H and O–H groups in total. The van der Waals surface area contributed by atoms with Crippen LogP contribution in [0.4, 0.5) is 5.82 Å². The van der Waals surface area contributed by atoms with E-state index in [-0.39, 0.29) is 19.3 Å². The van der Waals surface area contributed by atoms with Gasteiger partial charge >= 0.3 is 0 Å². The van der Waals surface area contributed by atoms with Crippen LogP contribution in [-0.4, -0.2) is 22.8 Å². The number of anilines is 1. The first-order valence-electron chi connectivity index (χ1n) is 10.5. The molecule has 1 aliphatic rings. The lowest BCUT2D eigenvalue weighted by molar-refractivity contribution is -0.116. The average Bonchev–Trinajstić information content (AvgIpc) is 3.25. The van der Waals surface area contributed by atoms with Crippen molar-refractivity contribution in [1.29, 1.82) is 0 Å². The summed E-state index contributed by atoms with van der Waals surface area (Å²) >= 11 is 0. The van der Waals surface area contributed by atoms with Crippen molar-refractivity contribution in [3.63, 3.8) is 0 Å². The fourth-order valence-corrected chi connectivity index (χ4v) is 3.74. The SMILES string of the molecule is Cc1cc(NC(=O)CCCCc2ccc3c(c2)OCO3)ncc1-c1ccccc1CO. The summed E-state index contributed by atoms with van der Waals surface area (Å²) in [6.07, 6.45) is 4.79. The number of hydrogen-bond donors (Lipinski definition) is 2. The van der Waals surface area contributed by atoms with E-state index in [0.717, 1.165) is 53.0 Å². The summed E-state index contributed by atoms with van der Waals surface area (Å²) in [4.78, 5) is 16.7. The normalized spacial score (nSPS) is 12.1. The number of nitrogens with zero attached hydrogens (tertiary/aromatic N) is 1. The maximum absolute atomic E-state index is 12.3. The Morgan fingerprint density at radius 2 is 1.90 bits per heavy atom. The number of nitrogens with one attached hydrogen (secondary N) is 1. The predicted molar refractivity (Wildman–Crippen MR) is 119 cm³/mol. The molecule has 31 heavy (non-hydrogen) atoms. The minimum absolute atomic E-state index is 0.0274. The van der Waals surface area contributed by atoms with Gasteiger partial charge in [0.25, 0.3) is 0 Å². The molecule has 0 aliphatic carbocycles. The number of aromatic nitrogens is 1. The standard InChI is InChI=1S/C25H26N2O4/c1-17-12-24(26-14-21(17)20-8-4-3-7-19(20)15-28)27-25(29)9-5-2-6-18-10-11-22-23(13-18)31-16-30-22/h3-4,7-8,10-14,28H,2,5-6,9,15-16H2,1H3,(H,26,27,29). The van der Waals surface area contributed by atoms with Gasteiger partial charge in [-0.25, -0.2) is 4.98 Å². The van der Waals surface area contributed by atoms with Crippen molar-refractivity contribution in [3.8, 4) is 22.6 Å². The van der Waals surface area contributed by atoms with E-state index < -0.39 is 0 Å². The van der Waals surface area contributed by atoms with Crippen LogP contribution in [0.15, 0.2) is 54.7 Å². The van der Waals surface area contributed by atoms with E-state index in [2.05, 4.69) is 10.3 Å². The smallest absolute Gasteiger partial charge is 0.231 e. The zero-order chi connectivity index (χ0) is 21.6. The number of unbranched alkanes of at least 4 members (excludes halogenated alkanes) is 1. The number of hydrogen-bond acceptors (Lipinski definition) is 5. The van der Waals surface area contributed by atoms with Crippen molar-refractivity contribution in [1.82, 2.24) is 4.98 Å². The van der Waals surface area contributed by atoms with Gasteiger partial charge in [-0.15, -0.1) is 0 Å². The molecule has 0 saturated heterocycles. The van der Waals surface area contributed by atoms with Gasteiger partial charge in [0.1, 0.15) is 5.82 Å². The lowest BCUT2D eigenvalue weighted by atomic mass is 9.98. The Labute approximate surface area is 181 Å². The number of carbonyl (C=O) groups is 1. The van der Waals surface area contributed by atoms with Crippen LogP contribution in [0.3, 0.4) is 0 Å². The third-order valence-corrected chi connectivity index (χ3v) is 5.41. The van der Waals surface area contributed by atoms with Gasteiger partial charge in [-0.05, 0) is 66.6 Å². The lowest BCUT2D eigenvalue weighted by Gasteiger charge is -2.12. The quantitative estimate of drug-likeness (QED) is 0.522. The number of fused-ring (bicyclic) bond motifs is 1. The molecule has 2 heterocycles. The van der Waals surface area contributed by atoms with Crippen molar-refractivity contribution in [3.05, 3.63) is 71.4 Å². The number of aliphatic hydroxyl groups excluding tert-OH is 1. The van der Waals surface area contributed by atoms with E-state index in [9.17, 15) is 9.90 Å². The Morgan fingerprint density at radius 3 is 2.74 bits per heavy atom. The first-order chi connectivity index (χ1) is 15.1. The fourth-order valence-electron chi connectivity index (χ4n) is 3.74. The van der Waals surface area contributed by atoms with Gasteiger partial charge in [0.2, 0.25) is 12.7 Å². The second-order valence-electron chi connectivity index (χ2n) is 7.64. The maximum Gasteiger partial charge on any atom is 0.231 e. The van der Waals surface area contributed by atoms with E-state index in [0.29, 0.717) is 12.2 Å². The summed E-state index contributed by atoms with van der Waals surface area (Å²) in [5.74, 6) is 2.09. The number of carbonyl (C=O) groups excluding carboxylic acids is 1. The number of amides is 1. The number of aliphatic hydroxyl groups is 1. The highest BCUT2D eigenvalue weighted by atomic mass is 16.7. The van der Waals surface area contributed by atoms with Crippen LogP contribution >= 0.6 is 0 Å². The van der Waals surface area contributed by atoms with E-state index >= 15 is 0 Å². The minimum atomic E-state index is -0.0407. The second kappa shape index (κ2) is 9.62. The van der Waals surface area contributed by atoms with Crippen LogP contribution in [0.5, 0.6) is 11.5 Å². The fraction of sp³-hybridized carbons (Fsp3) is 0.280. The average molecular weight is 418 g/mol. The van der Waals surface area contributed by atoms with Crippen LogP contribution in [0.25, 0.3) is 11.1 Å². The molecule has 6 nitrogen and oxygen atoms in total. The van der Waals surface area contributed by atoms with E-state index in [1.165, 1.54) is 5.56 Å². The molecule has 0 radical (unpaired) electrons. The summed E-state index contributed by atoms with van der Waals surface area (Å²) in [5.41, 5.74) is 4.93. The third-order valence-electron chi connectivity index (χ3n) is 5.41. The van der Waals surface area contributed by atoms with Crippen LogP contribution in [-0.2, 0) is 17.8 Å². The lowest BCUT2D eigenvalue weighted by Crippen LogP contribution is -2.12. The number of ether oxygens (including phenoxy) is 2. The van der Waals surface area contributed by atoms with Gasteiger partial charge in [-0.3, -0.25) is 4.79 Å². The van der Waals surface area contributed by atoms with Crippen molar-refractivity contribution < 1.29 is 19.4 Å². The molecule has 0 atom stereocenters. The number of aryl methyl sites for hydroxylation is 2. The summed E-state index contributed by atoms with van der Waals surface area (Å²) in [5, 5.41) is 12.5. The van der Waals surface area contributed by atoms with Crippen molar-refractivity contribution in [2.75, 3.05) is 12.1 Å². The molecule has 0 fully saturated rings. The van der Waals surface area contributed by atoms with Crippen molar-refractivity contribution >= 4 is 11.7 Å². The first-order valence-corrected chi connectivity index (χ1v) is 10.5. The predicted octanol–water partition coefficient (Wildman–Crippen LogP) is 4.63. The highest BCUT2D eigenvalue weighted by Crippen LogP contribution is 2.33. The highest BCUT2D eigenvalue weighted by molar-refractivity contribution is 5.90. The topological polar surface area (TPSA) is 80.7 Å². The molecule has 3 aromatic rings. The zero-order valence-electron chi connectivity index (χ0n) is 17.6. The molecular weight excluding hydrogens is 392 g/mol. The maximum atomic E-state index is 12.3. The summed E-state index contributed by atoms with van der Waals surface area (Å²) in [6.45, 7) is 2.23. The molecule has 0 saturated carbocycles. The number of pyridine rings is 1. The molecule has 160 valence electrons. The largest absolute Gasteiger partial charge is 0.454 e. The van der Waals surface area contributed by atoms with Gasteiger partial charge < -0.3 is 19.9 Å². The van der Waals surface area contributed by atoms with E-state index in [1.807, 2.05) is 55.5 Å². The molecule has 1 aromatic heterocycles. The molecular formula is C25H26N2O4.